The SMILES string of the molecule is Nc1c(F)cc(C2CCN2)cc1Cl. The normalized spacial score (nSPS) is 21.2. The van der Waals surface area contributed by atoms with Gasteiger partial charge in [-0.25, -0.2) is 4.39 Å². The number of hydrogen-bond donors (Lipinski definition) is 2. The van der Waals surface area contributed by atoms with Crippen LogP contribution in [0, 0.1) is 5.82 Å². The number of benzene rings is 1. The highest BCUT2D eigenvalue weighted by atomic mass is 35.5. The lowest BCUT2D eigenvalue weighted by atomic mass is 9.98. The molecule has 0 spiro atoms. The Morgan fingerprint density at radius 3 is 2.69 bits per heavy atom. The first-order valence-corrected chi connectivity index (χ1v) is 4.54. The van der Waals surface area contributed by atoms with Crippen LogP contribution in [0.15, 0.2) is 12.1 Å². The van der Waals surface area contributed by atoms with Gasteiger partial charge in [0.2, 0.25) is 0 Å². The van der Waals surface area contributed by atoms with Gasteiger partial charge in [-0.1, -0.05) is 11.6 Å². The number of nitrogen functional groups attached to an aromatic ring is 1. The second kappa shape index (κ2) is 3.16. The Bertz CT molecular complexity index is 313. The monoisotopic (exact) mass is 200 g/mol. The van der Waals surface area contributed by atoms with Crippen molar-refractivity contribution in [1.82, 2.24) is 5.32 Å². The van der Waals surface area contributed by atoms with Crippen LogP contribution in [0.5, 0.6) is 0 Å². The van der Waals surface area contributed by atoms with Crippen molar-refractivity contribution in [2.24, 2.45) is 0 Å². The molecule has 0 saturated carbocycles. The number of nitrogens with one attached hydrogen (secondary N) is 1. The molecule has 1 aliphatic rings. The van der Waals surface area contributed by atoms with Crippen molar-refractivity contribution >= 4 is 17.3 Å². The highest BCUT2D eigenvalue weighted by Gasteiger charge is 2.20. The Morgan fingerprint density at radius 2 is 2.23 bits per heavy atom. The van der Waals surface area contributed by atoms with Gasteiger partial charge in [-0.3, -0.25) is 0 Å². The smallest absolute Gasteiger partial charge is 0.147 e. The fourth-order valence-corrected chi connectivity index (χ4v) is 1.59. The average molecular weight is 201 g/mol. The zero-order valence-corrected chi connectivity index (χ0v) is 7.74. The van der Waals surface area contributed by atoms with E-state index in [1.807, 2.05) is 0 Å². The molecule has 1 aromatic carbocycles. The molecule has 2 nitrogen and oxygen atoms in total. The van der Waals surface area contributed by atoms with Crippen LogP contribution in [0.1, 0.15) is 18.0 Å². The predicted octanol–water partition coefficient (Wildman–Crippen LogP) is 2.10. The van der Waals surface area contributed by atoms with E-state index in [9.17, 15) is 4.39 Å². The standard InChI is InChI=1S/C9H10ClFN2/c10-6-3-5(8-1-2-13-8)4-7(11)9(6)12/h3-4,8,13H,1-2,12H2. The van der Waals surface area contributed by atoms with Crippen molar-refractivity contribution in [1.29, 1.82) is 0 Å². The molecular formula is C9H10ClFN2. The molecule has 4 heteroatoms. The molecule has 13 heavy (non-hydrogen) atoms. The molecule has 1 unspecified atom stereocenters. The zero-order chi connectivity index (χ0) is 9.42. The minimum atomic E-state index is -0.434. The number of rotatable bonds is 1. The molecule has 0 aliphatic carbocycles. The lowest BCUT2D eigenvalue weighted by molar-refractivity contribution is 0.382. The highest BCUT2D eigenvalue weighted by Crippen LogP contribution is 2.30. The molecule has 0 aromatic heterocycles. The summed E-state index contributed by atoms with van der Waals surface area (Å²) in [7, 11) is 0. The van der Waals surface area contributed by atoms with Crippen molar-refractivity contribution < 1.29 is 4.39 Å². The molecule has 1 saturated heterocycles. The maximum Gasteiger partial charge on any atom is 0.147 e. The summed E-state index contributed by atoms with van der Waals surface area (Å²) in [5, 5.41) is 3.46. The van der Waals surface area contributed by atoms with Gasteiger partial charge < -0.3 is 11.1 Å². The van der Waals surface area contributed by atoms with Crippen molar-refractivity contribution in [2.45, 2.75) is 12.5 Å². The molecule has 0 amide bonds. The summed E-state index contributed by atoms with van der Waals surface area (Å²) in [6.45, 7) is 0.980. The number of hydrogen-bond acceptors (Lipinski definition) is 2. The van der Waals surface area contributed by atoms with E-state index < -0.39 is 5.82 Å². The minimum absolute atomic E-state index is 0.0322. The van der Waals surface area contributed by atoms with E-state index >= 15 is 0 Å². The Morgan fingerprint density at radius 1 is 1.54 bits per heavy atom. The Labute approximate surface area is 80.9 Å². The maximum absolute atomic E-state index is 13.1. The van der Waals surface area contributed by atoms with E-state index in [0.717, 1.165) is 18.5 Å². The largest absolute Gasteiger partial charge is 0.395 e. The van der Waals surface area contributed by atoms with Crippen LogP contribution in [-0.4, -0.2) is 6.54 Å². The van der Waals surface area contributed by atoms with Gasteiger partial charge in [0, 0.05) is 6.04 Å². The predicted molar refractivity (Wildman–Crippen MR) is 51.2 cm³/mol. The third kappa shape index (κ3) is 1.49. The van der Waals surface area contributed by atoms with Crippen LogP contribution in [0.4, 0.5) is 10.1 Å². The van der Waals surface area contributed by atoms with E-state index in [2.05, 4.69) is 5.32 Å². The first-order chi connectivity index (χ1) is 6.18. The quantitative estimate of drug-likeness (QED) is 0.682. The first-order valence-electron chi connectivity index (χ1n) is 4.16. The molecule has 1 fully saturated rings. The van der Waals surface area contributed by atoms with Gasteiger partial charge in [0.25, 0.3) is 0 Å². The van der Waals surface area contributed by atoms with E-state index in [1.54, 1.807) is 6.07 Å². The van der Waals surface area contributed by atoms with Gasteiger partial charge >= 0.3 is 0 Å². The van der Waals surface area contributed by atoms with Crippen LogP contribution in [0.2, 0.25) is 5.02 Å². The molecule has 1 atom stereocenters. The van der Waals surface area contributed by atoms with E-state index in [1.165, 1.54) is 6.07 Å². The molecular weight excluding hydrogens is 191 g/mol. The molecule has 3 N–H and O–H groups in total. The molecule has 1 aromatic rings. The summed E-state index contributed by atoms with van der Waals surface area (Å²) < 4.78 is 13.1. The van der Waals surface area contributed by atoms with Crippen molar-refractivity contribution in [3.8, 4) is 0 Å². The van der Waals surface area contributed by atoms with E-state index in [0.29, 0.717) is 5.02 Å². The second-order valence-electron chi connectivity index (χ2n) is 3.19. The van der Waals surface area contributed by atoms with Gasteiger partial charge in [-0.05, 0) is 30.7 Å². The molecule has 1 heterocycles. The summed E-state index contributed by atoms with van der Waals surface area (Å²) in [5.74, 6) is -0.434. The van der Waals surface area contributed by atoms with Gasteiger partial charge in [0.05, 0.1) is 10.7 Å². The fraction of sp³-hybridized carbons (Fsp3) is 0.333. The van der Waals surface area contributed by atoms with Crippen molar-refractivity contribution in [3.05, 3.63) is 28.5 Å². The van der Waals surface area contributed by atoms with Crippen LogP contribution >= 0.6 is 11.6 Å². The van der Waals surface area contributed by atoms with Crippen LogP contribution < -0.4 is 11.1 Å². The third-order valence-electron chi connectivity index (χ3n) is 2.33. The molecule has 1 aliphatic heterocycles. The Balaban J connectivity index is 2.37. The van der Waals surface area contributed by atoms with Crippen LogP contribution in [0.3, 0.4) is 0 Å². The van der Waals surface area contributed by atoms with Gasteiger partial charge in [-0.15, -0.1) is 0 Å². The topological polar surface area (TPSA) is 38.0 Å². The Kier molecular flexibility index (Phi) is 2.14. The first kappa shape index (κ1) is 8.78. The summed E-state index contributed by atoms with van der Waals surface area (Å²) in [4.78, 5) is 0. The number of anilines is 1. The van der Waals surface area contributed by atoms with Crippen molar-refractivity contribution in [3.63, 3.8) is 0 Å². The number of halogens is 2. The second-order valence-corrected chi connectivity index (χ2v) is 3.60. The summed E-state index contributed by atoms with van der Waals surface area (Å²) in [5.41, 5.74) is 6.29. The van der Waals surface area contributed by atoms with Gasteiger partial charge in [0.15, 0.2) is 0 Å². The lowest BCUT2D eigenvalue weighted by Crippen LogP contribution is -2.35. The number of nitrogens with two attached hydrogens (primary N) is 1. The summed E-state index contributed by atoms with van der Waals surface area (Å²) in [6, 6.07) is 3.40. The average Bonchev–Trinajstić information content (AvgIpc) is 1.96. The Hall–Kier alpha value is -0.800. The molecule has 2 rings (SSSR count). The highest BCUT2D eigenvalue weighted by molar-refractivity contribution is 6.33. The molecule has 0 bridgehead atoms. The molecule has 70 valence electrons. The third-order valence-corrected chi connectivity index (χ3v) is 2.64. The van der Waals surface area contributed by atoms with Gasteiger partial charge in [0.1, 0.15) is 5.82 Å². The fourth-order valence-electron chi connectivity index (χ4n) is 1.38. The van der Waals surface area contributed by atoms with Gasteiger partial charge in [-0.2, -0.15) is 0 Å². The van der Waals surface area contributed by atoms with E-state index in [-0.39, 0.29) is 11.7 Å². The summed E-state index contributed by atoms with van der Waals surface area (Å²) in [6.07, 6.45) is 1.03. The zero-order valence-electron chi connectivity index (χ0n) is 6.98. The van der Waals surface area contributed by atoms with Crippen molar-refractivity contribution in [2.75, 3.05) is 12.3 Å². The molecule has 0 radical (unpaired) electrons. The minimum Gasteiger partial charge on any atom is -0.395 e. The van der Waals surface area contributed by atoms with Crippen LogP contribution in [0.25, 0.3) is 0 Å². The maximum atomic E-state index is 13.1. The lowest BCUT2D eigenvalue weighted by Gasteiger charge is -2.28. The van der Waals surface area contributed by atoms with Crippen LogP contribution in [-0.2, 0) is 0 Å². The summed E-state index contributed by atoms with van der Waals surface area (Å²) >= 11 is 5.75. The van der Waals surface area contributed by atoms with E-state index in [4.69, 9.17) is 17.3 Å².